The highest BCUT2D eigenvalue weighted by molar-refractivity contribution is 6.09. The number of pyridine rings is 1. The first kappa shape index (κ1) is 20.4. The Bertz CT molecular complexity index is 1760. The van der Waals surface area contributed by atoms with Crippen LogP contribution in [0.2, 0.25) is 0 Å². The largest absolute Gasteiger partial charge is 0.309 e. The molecular formula is C31H21N5. The van der Waals surface area contributed by atoms with Gasteiger partial charge >= 0.3 is 0 Å². The molecule has 0 radical (unpaired) electrons. The highest BCUT2D eigenvalue weighted by atomic mass is 15.4. The lowest BCUT2D eigenvalue weighted by atomic mass is 10.2. The number of para-hydroxylation sites is 2. The molecule has 0 aliphatic heterocycles. The SMILES string of the molecule is c1ccc(-c2nc(-c3ccccn3)n(-c3ccc(-n4c5ccccc5c5ccccc54)cc3)n2)cc1. The minimum atomic E-state index is 0.669. The summed E-state index contributed by atoms with van der Waals surface area (Å²) in [6, 6.07) is 41.4. The lowest BCUT2D eigenvalue weighted by Gasteiger charge is -2.10. The highest BCUT2D eigenvalue weighted by Crippen LogP contribution is 2.32. The Morgan fingerprint density at radius 1 is 0.528 bits per heavy atom. The van der Waals surface area contributed by atoms with Gasteiger partial charge in [-0.25, -0.2) is 9.67 Å². The van der Waals surface area contributed by atoms with Gasteiger partial charge in [0, 0.05) is 28.2 Å². The third-order valence-electron chi connectivity index (χ3n) is 6.47. The second-order valence-corrected chi connectivity index (χ2v) is 8.64. The summed E-state index contributed by atoms with van der Waals surface area (Å²) >= 11 is 0. The van der Waals surface area contributed by atoms with Gasteiger partial charge < -0.3 is 4.57 Å². The van der Waals surface area contributed by atoms with Gasteiger partial charge in [-0.3, -0.25) is 4.98 Å². The van der Waals surface area contributed by atoms with Gasteiger partial charge in [0.1, 0.15) is 5.69 Å². The average molecular weight is 464 g/mol. The molecule has 170 valence electrons. The summed E-state index contributed by atoms with van der Waals surface area (Å²) in [6.45, 7) is 0. The van der Waals surface area contributed by atoms with Crippen molar-refractivity contribution in [1.29, 1.82) is 0 Å². The second-order valence-electron chi connectivity index (χ2n) is 8.64. The normalized spacial score (nSPS) is 11.3. The first-order chi connectivity index (χ1) is 17.9. The molecule has 0 atom stereocenters. The van der Waals surface area contributed by atoms with Crippen molar-refractivity contribution < 1.29 is 0 Å². The Kier molecular flexibility index (Phi) is 4.71. The maximum atomic E-state index is 4.88. The molecule has 0 saturated heterocycles. The minimum absolute atomic E-state index is 0.669. The lowest BCUT2D eigenvalue weighted by molar-refractivity contribution is 0.885. The van der Waals surface area contributed by atoms with Crippen LogP contribution in [-0.4, -0.2) is 24.3 Å². The second kappa shape index (κ2) is 8.32. The maximum Gasteiger partial charge on any atom is 0.182 e. The van der Waals surface area contributed by atoms with Crippen molar-refractivity contribution in [2.24, 2.45) is 0 Å². The van der Waals surface area contributed by atoms with E-state index in [9.17, 15) is 0 Å². The number of nitrogens with zero attached hydrogens (tertiary/aromatic N) is 5. The van der Waals surface area contributed by atoms with Crippen molar-refractivity contribution in [3.05, 3.63) is 128 Å². The molecule has 4 aromatic carbocycles. The first-order valence-corrected chi connectivity index (χ1v) is 11.9. The molecule has 5 nitrogen and oxygen atoms in total. The Hall–Kier alpha value is -5.03. The van der Waals surface area contributed by atoms with Crippen molar-refractivity contribution in [2.75, 3.05) is 0 Å². The van der Waals surface area contributed by atoms with Crippen LogP contribution in [0.1, 0.15) is 0 Å². The molecule has 0 unspecified atom stereocenters. The van der Waals surface area contributed by atoms with Crippen LogP contribution in [0.4, 0.5) is 0 Å². The minimum Gasteiger partial charge on any atom is -0.309 e. The van der Waals surface area contributed by atoms with Crippen molar-refractivity contribution in [2.45, 2.75) is 0 Å². The van der Waals surface area contributed by atoms with Crippen molar-refractivity contribution in [3.63, 3.8) is 0 Å². The fourth-order valence-corrected chi connectivity index (χ4v) is 4.81. The molecule has 0 amide bonds. The molecule has 0 bridgehead atoms. The topological polar surface area (TPSA) is 48.5 Å². The molecule has 7 rings (SSSR count). The molecule has 0 saturated carbocycles. The molecule has 7 aromatic rings. The van der Waals surface area contributed by atoms with Crippen LogP contribution in [-0.2, 0) is 0 Å². The number of hydrogen-bond donors (Lipinski definition) is 0. The van der Waals surface area contributed by atoms with E-state index >= 15 is 0 Å². The van der Waals surface area contributed by atoms with Crippen LogP contribution in [0.3, 0.4) is 0 Å². The van der Waals surface area contributed by atoms with E-state index in [1.807, 2.05) is 53.2 Å². The summed E-state index contributed by atoms with van der Waals surface area (Å²) < 4.78 is 4.19. The number of aromatic nitrogens is 5. The van der Waals surface area contributed by atoms with Crippen molar-refractivity contribution in [1.82, 2.24) is 24.3 Å². The summed E-state index contributed by atoms with van der Waals surface area (Å²) in [5, 5.41) is 7.38. The maximum absolute atomic E-state index is 4.88. The van der Waals surface area contributed by atoms with E-state index < -0.39 is 0 Å². The molecule has 3 aromatic heterocycles. The molecular weight excluding hydrogens is 442 g/mol. The molecule has 0 fully saturated rings. The quantitative estimate of drug-likeness (QED) is 0.280. The van der Waals surface area contributed by atoms with Gasteiger partial charge in [-0.2, -0.15) is 0 Å². The predicted octanol–water partition coefficient (Wildman–Crippen LogP) is 7.09. The third kappa shape index (κ3) is 3.29. The van der Waals surface area contributed by atoms with Gasteiger partial charge in [-0.15, -0.1) is 5.10 Å². The van der Waals surface area contributed by atoms with Gasteiger partial charge in [0.25, 0.3) is 0 Å². The number of benzene rings is 4. The third-order valence-corrected chi connectivity index (χ3v) is 6.47. The lowest BCUT2D eigenvalue weighted by Crippen LogP contribution is -2.01. The Balaban J connectivity index is 1.38. The fourth-order valence-electron chi connectivity index (χ4n) is 4.81. The van der Waals surface area contributed by atoms with E-state index in [-0.39, 0.29) is 0 Å². The molecule has 36 heavy (non-hydrogen) atoms. The number of fused-ring (bicyclic) bond motifs is 3. The monoisotopic (exact) mass is 463 g/mol. The van der Waals surface area contributed by atoms with Crippen LogP contribution in [0, 0.1) is 0 Å². The van der Waals surface area contributed by atoms with E-state index in [0.717, 1.165) is 22.6 Å². The van der Waals surface area contributed by atoms with Gasteiger partial charge in [0.15, 0.2) is 11.6 Å². The highest BCUT2D eigenvalue weighted by Gasteiger charge is 2.17. The zero-order valence-corrected chi connectivity index (χ0v) is 19.4. The van der Waals surface area contributed by atoms with E-state index in [0.29, 0.717) is 11.6 Å². The zero-order valence-electron chi connectivity index (χ0n) is 19.4. The van der Waals surface area contributed by atoms with Crippen molar-refractivity contribution >= 4 is 21.8 Å². The Morgan fingerprint density at radius 2 is 1.14 bits per heavy atom. The molecule has 0 N–H and O–H groups in total. The van der Waals surface area contributed by atoms with E-state index in [4.69, 9.17) is 10.1 Å². The molecule has 0 aliphatic carbocycles. The Labute approximate surface area is 207 Å². The van der Waals surface area contributed by atoms with Crippen molar-refractivity contribution in [3.8, 4) is 34.3 Å². The summed E-state index contributed by atoms with van der Waals surface area (Å²) in [6.07, 6.45) is 1.78. The van der Waals surface area contributed by atoms with E-state index in [1.54, 1.807) is 6.20 Å². The molecule has 0 spiro atoms. The van der Waals surface area contributed by atoms with Crippen LogP contribution < -0.4 is 0 Å². The summed E-state index contributed by atoms with van der Waals surface area (Å²) in [5.41, 5.74) is 6.14. The van der Waals surface area contributed by atoms with Crippen LogP contribution in [0.15, 0.2) is 128 Å². The average Bonchev–Trinajstić information content (AvgIpc) is 3.55. The standard InChI is InChI=1S/C31H21N5/c1-2-10-22(11-3-1)30-33-31(27-14-8-9-21-32-27)36(34-30)24-19-17-23(18-20-24)35-28-15-6-4-12-25(28)26-13-5-7-16-29(26)35/h1-21H. The van der Waals surface area contributed by atoms with Gasteiger partial charge in [0.2, 0.25) is 0 Å². The first-order valence-electron chi connectivity index (χ1n) is 11.9. The molecule has 5 heteroatoms. The van der Waals surface area contributed by atoms with Gasteiger partial charge in [0.05, 0.1) is 16.7 Å². The summed E-state index contributed by atoms with van der Waals surface area (Å²) in [5.74, 6) is 1.38. The summed E-state index contributed by atoms with van der Waals surface area (Å²) in [7, 11) is 0. The smallest absolute Gasteiger partial charge is 0.182 e. The van der Waals surface area contributed by atoms with Crippen LogP contribution in [0.25, 0.3) is 56.1 Å². The predicted molar refractivity (Wildman–Crippen MR) is 144 cm³/mol. The molecule has 3 heterocycles. The zero-order chi connectivity index (χ0) is 23.9. The van der Waals surface area contributed by atoms with E-state index in [2.05, 4.69) is 82.3 Å². The van der Waals surface area contributed by atoms with E-state index in [1.165, 1.54) is 21.8 Å². The number of hydrogen-bond acceptors (Lipinski definition) is 3. The van der Waals surface area contributed by atoms with Crippen LogP contribution in [0.5, 0.6) is 0 Å². The Morgan fingerprint density at radius 3 is 1.81 bits per heavy atom. The van der Waals surface area contributed by atoms with Gasteiger partial charge in [-0.05, 0) is 48.5 Å². The van der Waals surface area contributed by atoms with Crippen LogP contribution >= 0.6 is 0 Å². The van der Waals surface area contributed by atoms with Gasteiger partial charge in [-0.1, -0.05) is 72.8 Å². The molecule has 0 aliphatic rings. The summed E-state index contributed by atoms with van der Waals surface area (Å²) in [4.78, 5) is 9.41. The fraction of sp³-hybridized carbons (Fsp3) is 0. The number of rotatable bonds is 4.